The number of hydrogen-bond donors (Lipinski definition) is 2. The van der Waals surface area contributed by atoms with Gasteiger partial charge in [-0.2, -0.15) is 0 Å². The summed E-state index contributed by atoms with van der Waals surface area (Å²) in [6.45, 7) is 9.51. The highest BCUT2D eigenvalue weighted by molar-refractivity contribution is 5.74. The fraction of sp³-hybridized carbons (Fsp3) is 0.889. The number of nitrogens with one attached hydrogen (secondary N) is 1. The summed E-state index contributed by atoms with van der Waals surface area (Å²) in [7, 11) is 0. The Balaban J connectivity index is 2.26. The predicted molar refractivity (Wildman–Crippen MR) is 54.8 cm³/mol. The van der Waals surface area contributed by atoms with Crippen molar-refractivity contribution in [2.24, 2.45) is 11.7 Å². The molecule has 0 bridgehead atoms. The molecule has 4 nitrogen and oxygen atoms in total. The van der Waals surface area contributed by atoms with Crippen molar-refractivity contribution in [2.75, 3.05) is 32.7 Å². The van der Waals surface area contributed by atoms with E-state index >= 15 is 0 Å². The number of guanidine groups is 1. The number of piperazine rings is 1. The summed E-state index contributed by atoms with van der Waals surface area (Å²) in [6, 6.07) is 0. The maximum absolute atomic E-state index is 7.28. The van der Waals surface area contributed by atoms with Gasteiger partial charge < -0.3 is 10.6 Å². The van der Waals surface area contributed by atoms with Crippen molar-refractivity contribution in [3.8, 4) is 0 Å². The van der Waals surface area contributed by atoms with Gasteiger partial charge in [-0.25, -0.2) is 0 Å². The standard InChI is InChI=1S/C9H20N4/c1-8(2)7-12-3-5-13(6-4-12)9(10)11/h8H,3-7H2,1-2H3,(H3,10,11). The maximum atomic E-state index is 7.28. The van der Waals surface area contributed by atoms with E-state index in [1.165, 1.54) is 0 Å². The fourth-order valence-corrected chi connectivity index (χ4v) is 1.69. The van der Waals surface area contributed by atoms with E-state index in [0.717, 1.165) is 38.6 Å². The second kappa shape index (κ2) is 4.46. The lowest BCUT2D eigenvalue weighted by Crippen LogP contribution is -2.51. The fourth-order valence-electron chi connectivity index (χ4n) is 1.69. The Morgan fingerprint density at radius 1 is 1.31 bits per heavy atom. The van der Waals surface area contributed by atoms with Gasteiger partial charge in [-0.1, -0.05) is 13.8 Å². The van der Waals surface area contributed by atoms with Crippen LogP contribution < -0.4 is 5.73 Å². The molecule has 4 heteroatoms. The Labute approximate surface area is 80.2 Å². The summed E-state index contributed by atoms with van der Waals surface area (Å²) < 4.78 is 0. The van der Waals surface area contributed by atoms with E-state index in [9.17, 15) is 0 Å². The zero-order valence-electron chi connectivity index (χ0n) is 8.58. The van der Waals surface area contributed by atoms with Crippen LogP contribution >= 0.6 is 0 Å². The predicted octanol–water partition coefficient (Wildman–Crippen LogP) is 0.153. The van der Waals surface area contributed by atoms with Crippen LogP contribution in [0.3, 0.4) is 0 Å². The van der Waals surface area contributed by atoms with Crippen LogP contribution in [0.5, 0.6) is 0 Å². The lowest BCUT2D eigenvalue weighted by molar-refractivity contribution is 0.165. The van der Waals surface area contributed by atoms with Gasteiger partial charge in [-0.3, -0.25) is 10.3 Å². The monoisotopic (exact) mass is 184 g/mol. The number of nitrogens with two attached hydrogens (primary N) is 1. The molecule has 1 rings (SSSR count). The second-order valence-corrected chi connectivity index (χ2v) is 4.07. The molecule has 0 radical (unpaired) electrons. The van der Waals surface area contributed by atoms with Gasteiger partial charge in [0.2, 0.25) is 0 Å². The minimum Gasteiger partial charge on any atom is -0.370 e. The first-order valence-corrected chi connectivity index (χ1v) is 4.91. The Morgan fingerprint density at radius 2 is 1.85 bits per heavy atom. The summed E-state index contributed by atoms with van der Waals surface area (Å²) in [5.74, 6) is 0.938. The second-order valence-electron chi connectivity index (χ2n) is 4.07. The van der Waals surface area contributed by atoms with Gasteiger partial charge >= 0.3 is 0 Å². The molecule has 0 aliphatic carbocycles. The van der Waals surface area contributed by atoms with Gasteiger partial charge in [0.1, 0.15) is 0 Å². The minimum atomic E-state index is 0.212. The number of hydrogen-bond acceptors (Lipinski definition) is 2. The molecule has 1 aliphatic heterocycles. The molecule has 1 heterocycles. The molecule has 3 N–H and O–H groups in total. The zero-order valence-corrected chi connectivity index (χ0v) is 8.58. The van der Waals surface area contributed by atoms with E-state index in [4.69, 9.17) is 11.1 Å². The van der Waals surface area contributed by atoms with E-state index in [0.29, 0.717) is 0 Å². The van der Waals surface area contributed by atoms with Crippen molar-refractivity contribution in [1.29, 1.82) is 5.41 Å². The van der Waals surface area contributed by atoms with Crippen LogP contribution in [-0.2, 0) is 0 Å². The zero-order chi connectivity index (χ0) is 9.84. The third kappa shape index (κ3) is 3.22. The van der Waals surface area contributed by atoms with Crippen LogP contribution in [0.25, 0.3) is 0 Å². The average molecular weight is 184 g/mol. The van der Waals surface area contributed by atoms with Crippen molar-refractivity contribution >= 4 is 5.96 Å². The van der Waals surface area contributed by atoms with Crippen LogP contribution in [0.4, 0.5) is 0 Å². The lowest BCUT2D eigenvalue weighted by atomic mass is 10.2. The molecule has 0 aromatic rings. The first-order valence-electron chi connectivity index (χ1n) is 4.91. The molecule has 1 aliphatic rings. The molecule has 0 aromatic carbocycles. The highest BCUT2D eigenvalue weighted by atomic mass is 15.3. The molecule has 0 amide bonds. The van der Waals surface area contributed by atoms with Gasteiger partial charge in [-0.05, 0) is 5.92 Å². The van der Waals surface area contributed by atoms with Gasteiger partial charge in [-0.15, -0.1) is 0 Å². The molecule has 1 saturated heterocycles. The average Bonchev–Trinajstić information content (AvgIpc) is 2.04. The molecule has 0 aromatic heterocycles. The largest absolute Gasteiger partial charge is 0.370 e. The molecule has 0 saturated carbocycles. The van der Waals surface area contributed by atoms with Crippen LogP contribution in [0.2, 0.25) is 0 Å². The highest BCUT2D eigenvalue weighted by Crippen LogP contribution is 2.04. The quantitative estimate of drug-likeness (QED) is 0.474. The van der Waals surface area contributed by atoms with E-state index in [2.05, 4.69) is 18.7 Å². The maximum Gasteiger partial charge on any atom is 0.188 e. The van der Waals surface area contributed by atoms with Gasteiger partial charge in [0, 0.05) is 32.7 Å². The van der Waals surface area contributed by atoms with Gasteiger partial charge in [0.25, 0.3) is 0 Å². The third-order valence-corrected chi connectivity index (χ3v) is 2.34. The molecule has 13 heavy (non-hydrogen) atoms. The van der Waals surface area contributed by atoms with Crippen molar-refractivity contribution in [3.05, 3.63) is 0 Å². The van der Waals surface area contributed by atoms with Crippen molar-refractivity contribution in [3.63, 3.8) is 0 Å². The normalized spacial score (nSPS) is 19.5. The van der Waals surface area contributed by atoms with E-state index in [1.807, 2.05) is 4.90 Å². The molecule has 0 unspecified atom stereocenters. The topological polar surface area (TPSA) is 56.4 Å². The van der Waals surface area contributed by atoms with E-state index < -0.39 is 0 Å². The SMILES string of the molecule is CC(C)CN1CCN(C(=N)N)CC1. The van der Waals surface area contributed by atoms with Gasteiger partial charge in [0.05, 0.1) is 0 Å². The Bertz CT molecular complexity index is 170. The first-order chi connectivity index (χ1) is 6.09. The summed E-state index contributed by atoms with van der Waals surface area (Å²) >= 11 is 0. The van der Waals surface area contributed by atoms with Crippen LogP contribution in [0.1, 0.15) is 13.8 Å². The van der Waals surface area contributed by atoms with Crippen LogP contribution in [-0.4, -0.2) is 48.5 Å². The van der Waals surface area contributed by atoms with Crippen molar-refractivity contribution < 1.29 is 0 Å². The molecular formula is C9H20N4. The van der Waals surface area contributed by atoms with Crippen molar-refractivity contribution in [2.45, 2.75) is 13.8 Å². The van der Waals surface area contributed by atoms with Gasteiger partial charge in [0.15, 0.2) is 5.96 Å². The van der Waals surface area contributed by atoms with Crippen molar-refractivity contribution in [1.82, 2.24) is 9.80 Å². The highest BCUT2D eigenvalue weighted by Gasteiger charge is 2.17. The molecule has 76 valence electrons. The minimum absolute atomic E-state index is 0.212. The van der Waals surface area contributed by atoms with Crippen LogP contribution in [0.15, 0.2) is 0 Å². The Hall–Kier alpha value is -0.770. The first kappa shape index (κ1) is 10.3. The number of rotatable bonds is 2. The molecule has 0 atom stereocenters. The Kier molecular flexibility index (Phi) is 3.54. The lowest BCUT2D eigenvalue weighted by Gasteiger charge is -2.35. The molecular weight excluding hydrogens is 164 g/mol. The summed E-state index contributed by atoms with van der Waals surface area (Å²) in [4.78, 5) is 4.36. The summed E-state index contributed by atoms with van der Waals surface area (Å²) in [5, 5.41) is 7.28. The van der Waals surface area contributed by atoms with E-state index in [1.54, 1.807) is 0 Å². The molecule has 1 fully saturated rings. The Morgan fingerprint density at radius 3 is 2.23 bits per heavy atom. The van der Waals surface area contributed by atoms with E-state index in [-0.39, 0.29) is 5.96 Å². The number of nitrogens with zero attached hydrogens (tertiary/aromatic N) is 2. The third-order valence-electron chi connectivity index (χ3n) is 2.34. The summed E-state index contributed by atoms with van der Waals surface area (Å²) in [6.07, 6.45) is 0. The summed E-state index contributed by atoms with van der Waals surface area (Å²) in [5.41, 5.74) is 5.40. The smallest absolute Gasteiger partial charge is 0.188 e. The van der Waals surface area contributed by atoms with Crippen LogP contribution in [0, 0.1) is 11.3 Å². The molecule has 0 spiro atoms.